The molecule has 0 spiro atoms. The minimum absolute atomic E-state index is 0. The van der Waals surface area contributed by atoms with Crippen molar-refractivity contribution in [3.05, 3.63) is 192 Å². The molecule has 1 radical (unpaired) electrons. The Morgan fingerprint density at radius 1 is 0.390 bits per heavy atom. The van der Waals surface area contributed by atoms with Crippen LogP contribution < -0.4 is 21.7 Å². The largest absolute Gasteiger partial charge is 2.00 e. The fourth-order valence-electron chi connectivity index (χ4n) is 8.34. The maximum Gasteiger partial charge on any atom is 2.00 e. The van der Waals surface area contributed by atoms with Gasteiger partial charge in [-0.2, -0.15) is 0 Å². The van der Waals surface area contributed by atoms with Gasteiger partial charge in [0.25, 0.3) is 0 Å². The topological polar surface area (TPSA) is 123 Å². The first-order valence-electron chi connectivity index (χ1n) is 19.7. The third-order valence-corrected chi connectivity index (χ3v) is 11.3. The van der Waals surface area contributed by atoms with Crippen molar-refractivity contribution in [2.45, 2.75) is 38.0 Å². The number of rotatable bonds is 10. The van der Waals surface area contributed by atoms with Crippen molar-refractivity contribution in [3.8, 4) is 0 Å². The Bertz CT molecular complexity index is 2830. The summed E-state index contributed by atoms with van der Waals surface area (Å²) in [6, 6.07) is 56.8. The quantitative estimate of drug-likeness (QED) is 0.0620. The Morgan fingerprint density at radius 2 is 0.712 bits per heavy atom. The van der Waals surface area contributed by atoms with E-state index in [0.29, 0.717) is 25.9 Å². The molecule has 10 aromatic carbocycles. The van der Waals surface area contributed by atoms with E-state index in [-0.39, 0.29) is 28.9 Å². The summed E-state index contributed by atoms with van der Waals surface area (Å²) in [5, 5.41) is 39.7. The van der Waals surface area contributed by atoms with Crippen molar-refractivity contribution in [3.63, 3.8) is 0 Å². The van der Waals surface area contributed by atoms with E-state index < -0.39 is 12.1 Å². The van der Waals surface area contributed by atoms with Gasteiger partial charge >= 0.3 is 17.1 Å². The average Bonchev–Trinajstić information content (AvgIpc) is 3.27. The molecule has 2 unspecified atom stereocenters. The van der Waals surface area contributed by atoms with Gasteiger partial charge in [0.15, 0.2) is 0 Å². The Balaban J connectivity index is 0.000000161. The summed E-state index contributed by atoms with van der Waals surface area (Å²) in [6.07, 6.45) is 1.00. The summed E-state index contributed by atoms with van der Waals surface area (Å²) in [4.78, 5) is 8.62. The summed E-state index contributed by atoms with van der Waals surface area (Å²) in [7, 11) is 0. The molecule has 59 heavy (non-hydrogen) atoms. The summed E-state index contributed by atoms with van der Waals surface area (Å²) in [5.41, 5.74) is 16.4. The van der Waals surface area contributed by atoms with Crippen LogP contribution in [0.25, 0.3) is 64.6 Å². The predicted octanol–water partition coefficient (Wildman–Crippen LogP) is 8.82. The van der Waals surface area contributed by atoms with E-state index in [0.717, 1.165) is 33.0 Å². The SMILES string of the molecule is NC(Cc1ccccc1)C([O-])=NCc1ccc2ccc3cccc4ccc1c2c34.NC(Cc1ccccc1)C([O-])=NCc1ccc2ccc3cccc4ccc1c2c34.[Cu+2]. The molecule has 0 aromatic heterocycles. The van der Waals surface area contributed by atoms with E-state index in [2.05, 4.69) is 119 Å². The van der Waals surface area contributed by atoms with Gasteiger partial charge in [-0.25, -0.2) is 0 Å². The second-order valence-electron chi connectivity index (χ2n) is 15.1. The summed E-state index contributed by atoms with van der Waals surface area (Å²) in [6.45, 7) is 0.685. The van der Waals surface area contributed by atoms with Crippen molar-refractivity contribution in [2.24, 2.45) is 21.5 Å². The van der Waals surface area contributed by atoms with Gasteiger partial charge in [-0.3, -0.25) is 9.98 Å². The Hall–Kier alpha value is -6.34. The van der Waals surface area contributed by atoms with Crippen LogP contribution in [0.15, 0.2) is 180 Å². The molecule has 293 valence electrons. The molecule has 0 bridgehead atoms. The molecule has 0 heterocycles. The van der Waals surface area contributed by atoms with Gasteiger partial charge in [0.2, 0.25) is 0 Å². The fraction of sp³-hybridized carbons (Fsp3) is 0.115. The molecule has 0 amide bonds. The molecule has 0 aliphatic carbocycles. The first-order chi connectivity index (χ1) is 28.4. The molecule has 0 saturated carbocycles. The Kier molecular flexibility index (Phi) is 11.5. The molecule has 4 N–H and O–H groups in total. The molecule has 10 rings (SSSR count). The van der Waals surface area contributed by atoms with E-state index in [1.54, 1.807) is 0 Å². The van der Waals surface area contributed by atoms with Crippen molar-refractivity contribution >= 4 is 76.4 Å². The van der Waals surface area contributed by atoms with E-state index in [9.17, 15) is 10.2 Å². The second-order valence-corrected chi connectivity index (χ2v) is 15.1. The van der Waals surface area contributed by atoms with Crippen molar-refractivity contribution in [2.75, 3.05) is 0 Å². The van der Waals surface area contributed by atoms with Crippen LogP contribution in [0.4, 0.5) is 0 Å². The zero-order valence-corrected chi connectivity index (χ0v) is 33.3. The zero-order chi connectivity index (χ0) is 39.6. The third kappa shape index (κ3) is 8.07. The molecular weight excluding hydrogens is 776 g/mol. The molecule has 6 nitrogen and oxygen atoms in total. The van der Waals surface area contributed by atoms with Crippen LogP contribution >= 0.6 is 0 Å². The Labute approximate surface area is 353 Å². The molecule has 0 saturated heterocycles. The van der Waals surface area contributed by atoms with Crippen LogP contribution in [0.5, 0.6) is 0 Å². The minimum atomic E-state index is -0.614. The number of benzene rings is 10. The van der Waals surface area contributed by atoms with Gasteiger partial charge in [0.1, 0.15) is 0 Å². The van der Waals surface area contributed by atoms with Crippen LogP contribution in [-0.2, 0) is 43.0 Å². The maximum absolute atomic E-state index is 12.5. The normalized spacial score (nSPS) is 13.3. The number of nitrogens with two attached hydrogens (primary N) is 2. The van der Waals surface area contributed by atoms with Crippen LogP contribution in [0, 0.1) is 0 Å². The fourth-order valence-corrected chi connectivity index (χ4v) is 8.34. The zero-order valence-electron chi connectivity index (χ0n) is 32.3. The first kappa shape index (κ1) is 39.5. The molecule has 0 aliphatic heterocycles. The van der Waals surface area contributed by atoms with Crippen LogP contribution in [0.2, 0.25) is 0 Å². The predicted molar refractivity (Wildman–Crippen MR) is 239 cm³/mol. The van der Waals surface area contributed by atoms with Crippen molar-refractivity contribution < 1.29 is 27.3 Å². The number of aliphatic imine (C=N–C) groups is 2. The molecule has 0 aliphatic rings. The second kappa shape index (κ2) is 17.3. The van der Waals surface area contributed by atoms with E-state index >= 15 is 0 Å². The van der Waals surface area contributed by atoms with Crippen molar-refractivity contribution in [1.82, 2.24) is 0 Å². The van der Waals surface area contributed by atoms with Gasteiger partial charge in [0, 0.05) is 12.1 Å². The van der Waals surface area contributed by atoms with Gasteiger partial charge in [-0.15, -0.1) is 0 Å². The molecule has 7 heteroatoms. The van der Waals surface area contributed by atoms with Gasteiger partial charge in [-0.1, -0.05) is 170 Å². The van der Waals surface area contributed by atoms with E-state index in [1.807, 2.05) is 60.7 Å². The molecular formula is C52H42CuN4O2. The molecule has 0 fully saturated rings. The number of hydrogen-bond acceptors (Lipinski definition) is 6. The van der Waals surface area contributed by atoms with E-state index in [1.165, 1.54) is 53.9 Å². The van der Waals surface area contributed by atoms with Gasteiger partial charge < -0.3 is 21.7 Å². The van der Waals surface area contributed by atoms with E-state index in [4.69, 9.17) is 11.5 Å². The van der Waals surface area contributed by atoms with Crippen LogP contribution in [0.1, 0.15) is 22.3 Å². The van der Waals surface area contributed by atoms with Crippen LogP contribution in [-0.4, -0.2) is 23.9 Å². The molecule has 2 atom stereocenters. The van der Waals surface area contributed by atoms with Gasteiger partial charge in [-0.05, 0) is 112 Å². The summed E-state index contributed by atoms with van der Waals surface area (Å²) in [5.74, 6) is -0.501. The standard InChI is InChI=1S/2C26H22N2O.Cu/c2*27-23(15-17-5-2-1-3-6-17)26(29)28-16-21-12-11-20-10-9-18-7-4-8-19-13-14-22(21)25(20)24(18)19;/h2*1-14,23H,15-16,27H2,(H,28,29);/q;;+2/p-2. The minimum Gasteiger partial charge on any atom is -0.861 e. The third-order valence-electron chi connectivity index (χ3n) is 11.3. The monoisotopic (exact) mass is 817 g/mol. The smallest absolute Gasteiger partial charge is 0.861 e. The average molecular weight is 818 g/mol. The van der Waals surface area contributed by atoms with Crippen LogP contribution in [0.3, 0.4) is 0 Å². The maximum atomic E-state index is 12.5. The van der Waals surface area contributed by atoms with Crippen molar-refractivity contribution in [1.29, 1.82) is 0 Å². The molecule has 10 aromatic rings. The Morgan fingerprint density at radius 3 is 1.08 bits per heavy atom. The number of nitrogens with zero attached hydrogens (tertiary/aromatic N) is 2. The number of hydrogen-bond donors (Lipinski definition) is 2. The first-order valence-corrected chi connectivity index (χ1v) is 19.7. The summed E-state index contributed by atoms with van der Waals surface area (Å²) < 4.78 is 0. The van der Waals surface area contributed by atoms with Gasteiger partial charge in [0.05, 0.1) is 13.1 Å². The summed E-state index contributed by atoms with van der Waals surface area (Å²) >= 11 is 0.